The Bertz CT molecular complexity index is 224. The maximum atomic E-state index is 10.8. The molecule has 5 heteroatoms. The number of hydrogen-bond donors (Lipinski definition) is 3. The zero-order valence-electron chi connectivity index (χ0n) is 6.36. The Morgan fingerprint density at radius 3 is 2.58 bits per heavy atom. The number of carboxylic acids is 1. The Kier molecular flexibility index (Phi) is 2.16. The molecule has 1 aliphatic rings. The van der Waals surface area contributed by atoms with Gasteiger partial charge in [-0.25, -0.2) is 4.79 Å². The number of aliphatic carboxylic acids is 1. The number of aliphatic hydroxyl groups is 2. The Labute approximate surface area is 68.6 Å². The Hall–Kier alpha value is -0.940. The van der Waals surface area contributed by atoms with Crippen LogP contribution >= 0.6 is 0 Å². The third-order valence-electron chi connectivity index (χ3n) is 2.07. The summed E-state index contributed by atoms with van der Waals surface area (Å²) in [5.41, 5.74) is -1.96. The molecule has 0 heterocycles. The second-order valence-electron chi connectivity index (χ2n) is 3.03. The van der Waals surface area contributed by atoms with E-state index in [1.165, 1.54) is 0 Å². The average Bonchev–Trinajstić information content (AvgIpc) is 1.97. The normalized spacial score (nSPS) is 36.5. The second kappa shape index (κ2) is 2.84. The van der Waals surface area contributed by atoms with Crippen molar-refractivity contribution in [2.24, 2.45) is 0 Å². The number of ketones is 1. The van der Waals surface area contributed by atoms with E-state index in [1.54, 1.807) is 0 Å². The Balaban J connectivity index is 2.73. The van der Waals surface area contributed by atoms with E-state index in [4.69, 9.17) is 10.2 Å². The molecule has 0 aromatic carbocycles. The van der Waals surface area contributed by atoms with E-state index >= 15 is 0 Å². The minimum Gasteiger partial charge on any atom is -0.479 e. The molecule has 1 aliphatic carbocycles. The molecule has 0 saturated heterocycles. The van der Waals surface area contributed by atoms with Gasteiger partial charge >= 0.3 is 5.97 Å². The van der Waals surface area contributed by atoms with Crippen molar-refractivity contribution in [2.45, 2.75) is 31.0 Å². The van der Waals surface area contributed by atoms with Crippen LogP contribution in [0.25, 0.3) is 0 Å². The number of carboxylic acid groups (broad SMARTS) is 1. The third-order valence-corrected chi connectivity index (χ3v) is 2.07. The fraction of sp³-hybridized carbons (Fsp3) is 0.714. The molecule has 68 valence electrons. The molecule has 0 bridgehead atoms. The summed E-state index contributed by atoms with van der Waals surface area (Å²) in [6.07, 6.45) is -1.66. The van der Waals surface area contributed by atoms with Crippen molar-refractivity contribution >= 4 is 11.8 Å². The van der Waals surface area contributed by atoms with Crippen LogP contribution in [0.5, 0.6) is 0 Å². The minimum atomic E-state index is -1.96. The number of aliphatic hydroxyl groups excluding tert-OH is 1. The van der Waals surface area contributed by atoms with Crippen LogP contribution < -0.4 is 0 Å². The smallest absolute Gasteiger partial charge is 0.336 e. The molecule has 1 rings (SSSR count). The standard InChI is InChI=1S/C7H10O5/c8-4-1-2-7(12,6(10)11)3-5(4)9/h4,8,12H,1-3H2,(H,10,11)/t4?,7-/m1/s1. The highest BCUT2D eigenvalue weighted by molar-refractivity contribution is 5.91. The van der Waals surface area contributed by atoms with Gasteiger partial charge < -0.3 is 15.3 Å². The first-order valence-corrected chi connectivity index (χ1v) is 3.62. The van der Waals surface area contributed by atoms with Gasteiger partial charge in [0.2, 0.25) is 0 Å². The monoisotopic (exact) mass is 174 g/mol. The quantitative estimate of drug-likeness (QED) is 0.469. The van der Waals surface area contributed by atoms with Crippen LogP contribution in [0.4, 0.5) is 0 Å². The molecule has 2 atom stereocenters. The van der Waals surface area contributed by atoms with E-state index < -0.39 is 29.9 Å². The predicted octanol–water partition coefficient (Wildman–Crippen LogP) is -1.08. The molecule has 3 N–H and O–H groups in total. The van der Waals surface area contributed by atoms with E-state index in [9.17, 15) is 14.7 Å². The fourth-order valence-electron chi connectivity index (χ4n) is 1.21. The summed E-state index contributed by atoms with van der Waals surface area (Å²) in [7, 11) is 0. The zero-order chi connectivity index (χ0) is 9.35. The van der Waals surface area contributed by atoms with Gasteiger partial charge in [0.1, 0.15) is 6.10 Å². The lowest BCUT2D eigenvalue weighted by Gasteiger charge is -2.28. The summed E-state index contributed by atoms with van der Waals surface area (Å²) >= 11 is 0. The summed E-state index contributed by atoms with van der Waals surface area (Å²) in [6, 6.07) is 0. The summed E-state index contributed by atoms with van der Waals surface area (Å²) < 4.78 is 0. The molecule has 1 unspecified atom stereocenters. The number of carbonyl (C=O) groups is 2. The molecule has 0 amide bonds. The highest BCUT2D eigenvalue weighted by Gasteiger charge is 2.43. The second-order valence-corrected chi connectivity index (χ2v) is 3.03. The molecule has 0 spiro atoms. The van der Waals surface area contributed by atoms with Crippen LogP contribution in [-0.4, -0.2) is 38.8 Å². The summed E-state index contributed by atoms with van der Waals surface area (Å²) in [6.45, 7) is 0. The van der Waals surface area contributed by atoms with Gasteiger partial charge in [-0.3, -0.25) is 4.79 Å². The molecule has 5 nitrogen and oxygen atoms in total. The van der Waals surface area contributed by atoms with E-state index in [0.29, 0.717) is 0 Å². The molecular weight excluding hydrogens is 164 g/mol. The third kappa shape index (κ3) is 1.46. The molecular formula is C7H10O5. The lowest BCUT2D eigenvalue weighted by atomic mass is 9.83. The largest absolute Gasteiger partial charge is 0.479 e. The van der Waals surface area contributed by atoms with Gasteiger partial charge in [-0.1, -0.05) is 0 Å². The molecule has 0 radical (unpaired) electrons. The van der Waals surface area contributed by atoms with Gasteiger partial charge in [0.05, 0.1) is 0 Å². The van der Waals surface area contributed by atoms with Gasteiger partial charge in [0, 0.05) is 6.42 Å². The summed E-state index contributed by atoms with van der Waals surface area (Å²) in [5, 5.41) is 26.8. The van der Waals surface area contributed by atoms with Gasteiger partial charge in [0.25, 0.3) is 0 Å². The van der Waals surface area contributed by atoms with Gasteiger partial charge in [-0.05, 0) is 12.8 Å². The summed E-state index contributed by atoms with van der Waals surface area (Å²) in [4.78, 5) is 21.3. The van der Waals surface area contributed by atoms with Crippen LogP contribution in [0, 0.1) is 0 Å². The van der Waals surface area contributed by atoms with Crippen LogP contribution in [0.3, 0.4) is 0 Å². The summed E-state index contributed by atoms with van der Waals surface area (Å²) in [5.74, 6) is -2.01. The molecule has 12 heavy (non-hydrogen) atoms. The van der Waals surface area contributed by atoms with Crippen LogP contribution in [0.1, 0.15) is 19.3 Å². The van der Waals surface area contributed by atoms with Gasteiger partial charge in [0.15, 0.2) is 11.4 Å². The molecule has 1 saturated carbocycles. The number of carbonyl (C=O) groups excluding carboxylic acids is 1. The van der Waals surface area contributed by atoms with Crippen LogP contribution in [-0.2, 0) is 9.59 Å². The van der Waals surface area contributed by atoms with Crippen molar-refractivity contribution < 1.29 is 24.9 Å². The zero-order valence-corrected chi connectivity index (χ0v) is 6.36. The van der Waals surface area contributed by atoms with Crippen molar-refractivity contribution in [3.8, 4) is 0 Å². The number of Topliss-reactive ketones (excluding diaryl/α,β-unsaturated/α-hetero) is 1. The van der Waals surface area contributed by atoms with Gasteiger partial charge in [-0.2, -0.15) is 0 Å². The van der Waals surface area contributed by atoms with Crippen molar-refractivity contribution in [3.05, 3.63) is 0 Å². The lowest BCUT2D eigenvalue weighted by Crippen LogP contribution is -2.47. The predicted molar refractivity (Wildman–Crippen MR) is 37.5 cm³/mol. The maximum Gasteiger partial charge on any atom is 0.336 e. The SMILES string of the molecule is O=C1C[C@@](O)(C(=O)O)CCC1O. The molecule has 0 aromatic rings. The van der Waals surface area contributed by atoms with Crippen molar-refractivity contribution in [2.75, 3.05) is 0 Å². The Morgan fingerprint density at radius 2 is 2.17 bits per heavy atom. The van der Waals surface area contributed by atoms with Crippen LogP contribution in [0.2, 0.25) is 0 Å². The van der Waals surface area contributed by atoms with Crippen molar-refractivity contribution in [3.63, 3.8) is 0 Å². The average molecular weight is 174 g/mol. The van der Waals surface area contributed by atoms with E-state index in [2.05, 4.69) is 0 Å². The highest BCUT2D eigenvalue weighted by atomic mass is 16.4. The van der Waals surface area contributed by atoms with E-state index in [1.807, 2.05) is 0 Å². The van der Waals surface area contributed by atoms with Gasteiger partial charge in [-0.15, -0.1) is 0 Å². The topological polar surface area (TPSA) is 94.8 Å². The highest BCUT2D eigenvalue weighted by Crippen LogP contribution is 2.26. The van der Waals surface area contributed by atoms with Crippen LogP contribution in [0.15, 0.2) is 0 Å². The van der Waals surface area contributed by atoms with Crippen molar-refractivity contribution in [1.29, 1.82) is 0 Å². The first kappa shape index (κ1) is 9.15. The molecule has 0 aromatic heterocycles. The minimum absolute atomic E-state index is 0.0155. The molecule has 1 fully saturated rings. The van der Waals surface area contributed by atoms with Crippen molar-refractivity contribution in [1.82, 2.24) is 0 Å². The first-order valence-electron chi connectivity index (χ1n) is 3.62. The first-order chi connectivity index (χ1) is 5.46. The number of hydrogen-bond acceptors (Lipinski definition) is 4. The maximum absolute atomic E-state index is 10.8. The fourth-order valence-corrected chi connectivity index (χ4v) is 1.21. The van der Waals surface area contributed by atoms with E-state index in [0.717, 1.165) is 0 Å². The number of rotatable bonds is 1. The van der Waals surface area contributed by atoms with E-state index in [-0.39, 0.29) is 12.8 Å². The lowest BCUT2D eigenvalue weighted by molar-refractivity contribution is -0.167. The Morgan fingerprint density at radius 1 is 1.58 bits per heavy atom. The molecule has 0 aliphatic heterocycles.